The molecule has 5 aromatic rings. The molecule has 0 fully saturated rings. The number of hydrogen-bond acceptors (Lipinski definition) is 8. The molecule has 0 aliphatic carbocycles. The van der Waals surface area contributed by atoms with Gasteiger partial charge in [0, 0.05) is 46.8 Å². The van der Waals surface area contributed by atoms with Crippen LogP contribution >= 0.6 is 0 Å². The number of carbonyl (C=O) groups excluding carboxylic acids is 2. The standard InChI is InChI=1S/C33H29N5O5S/c1-19-15-24(17-27-30(19)36-18-28(32(35)39)31(27)37-21-5-3-6-23(16-21)43-2)44(41,42)29-8-4-7-26-25(29)13-14-38(33(26)40)22-11-9-20(34)10-12-22/h3-12,15-18H,13-14,34H2,1-2H3,(H2,35,39)(H,36,37). The van der Waals surface area contributed by atoms with Gasteiger partial charge in [-0.15, -0.1) is 0 Å². The fourth-order valence-corrected chi connectivity index (χ4v) is 7.20. The molecule has 1 aliphatic rings. The van der Waals surface area contributed by atoms with Crippen molar-refractivity contribution in [2.45, 2.75) is 23.1 Å². The van der Waals surface area contributed by atoms with Crippen molar-refractivity contribution >= 4 is 55.3 Å². The molecule has 2 heterocycles. The third-order valence-corrected chi connectivity index (χ3v) is 9.56. The summed E-state index contributed by atoms with van der Waals surface area (Å²) < 4.78 is 33.9. The van der Waals surface area contributed by atoms with E-state index in [9.17, 15) is 18.0 Å². The van der Waals surface area contributed by atoms with Crippen LogP contribution in [0.25, 0.3) is 10.9 Å². The van der Waals surface area contributed by atoms with E-state index in [-0.39, 0.29) is 21.3 Å². The first-order valence-electron chi connectivity index (χ1n) is 13.8. The average molecular weight is 608 g/mol. The third kappa shape index (κ3) is 4.96. The van der Waals surface area contributed by atoms with Gasteiger partial charge in [0.2, 0.25) is 9.84 Å². The Hall–Kier alpha value is -5.42. The van der Waals surface area contributed by atoms with Gasteiger partial charge in [-0.05, 0) is 85.1 Å². The highest BCUT2D eigenvalue weighted by molar-refractivity contribution is 7.91. The van der Waals surface area contributed by atoms with Crippen LogP contribution in [0.15, 0.2) is 94.9 Å². The van der Waals surface area contributed by atoms with Gasteiger partial charge in [0.25, 0.3) is 11.8 Å². The summed E-state index contributed by atoms with van der Waals surface area (Å²) in [6.07, 6.45) is 1.71. The van der Waals surface area contributed by atoms with Gasteiger partial charge in [0.05, 0.1) is 33.7 Å². The molecule has 2 amide bonds. The van der Waals surface area contributed by atoms with Gasteiger partial charge in [-0.2, -0.15) is 0 Å². The maximum atomic E-state index is 14.3. The number of nitrogens with zero attached hydrogens (tertiary/aromatic N) is 2. The van der Waals surface area contributed by atoms with Gasteiger partial charge < -0.3 is 26.4 Å². The van der Waals surface area contributed by atoms with Crippen LogP contribution in [0, 0.1) is 6.92 Å². The van der Waals surface area contributed by atoms with Crippen LogP contribution in [0.2, 0.25) is 0 Å². The number of fused-ring (bicyclic) bond motifs is 2. The van der Waals surface area contributed by atoms with Crippen LogP contribution in [-0.4, -0.2) is 38.9 Å². The van der Waals surface area contributed by atoms with Crippen molar-refractivity contribution in [3.05, 3.63) is 107 Å². The number of amides is 2. The van der Waals surface area contributed by atoms with E-state index in [0.29, 0.717) is 69.1 Å². The van der Waals surface area contributed by atoms with Gasteiger partial charge >= 0.3 is 0 Å². The van der Waals surface area contributed by atoms with Crippen molar-refractivity contribution in [1.82, 2.24) is 4.98 Å². The fourth-order valence-electron chi connectivity index (χ4n) is 5.54. The number of hydrogen-bond donors (Lipinski definition) is 3. The highest BCUT2D eigenvalue weighted by Crippen LogP contribution is 2.37. The summed E-state index contributed by atoms with van der Waals surface area (Å²) >= 11 is 0. The van der Waals surface area contributed by atoms with Crippen molar-refractivity contribution in [1.29, 1.82) is 0 Å². The second-order valence-electron chi connectivity index (χ2n) is 10.5. The summed E-state index contributed by atoms with van der Waals surface area (Å²) in [4.78, 5) is 32.1. The molecule has 4 aromatic carbocycles. The number of carbonyl (C=O) groups is 2. The van der Waals surface area contributed by atoms with Crippen LogP contribution < -0.4 is 26.4 Å². The van der Waals surface area contributed by atoms with E-state index in [1.165, 1.54) is 18.3 Å². The van der Waals surface area contributed by atoms with Gasteiger partial charge in [0.1, 0.15) is 5.75 Å². The molecule has 0 saturated carbocycles. The molecule has 0 atom stereocenters. The molecule has 0 unspecified atom stereocenters. The number of sulfone groups is 1. The Morgan fingerprint density at radius 2 is 1.77 bits per heavy atom. The number of anilines is 4. The zero-order valence-electron chi connectivity index (χ0n) is 24.0. The molecule has 0 bridgehead atoms. The number of ether oxygens (including phenoxy) is 1. The highest BCUT2D eigenvalue weighted by atomic mass is 32.2. The Labute approximate surface area is 254 Å². The lowest BCUT2D eigenvalue weighted by atomic mass is 9.98. The summed E-state index contributed by atoms with van der Waals surface area (Å²) in [6, 6.07) is 21.8. The van der Waals surface area contributed by atoms with Crippen molar-refractivity contribution < 1.29 is 22.7 Å². The van der Waals surface area contributed by atoms with Crippen LogP contribution in [0.1, 0.15) is 31.8 Å². The highest BCUT2D eigenvalue weighted by Gasteiger charge is 2.32. The van der Waals surface area contributed by atoms with E-state index < -0.39 is 15.7 Å². The zero-order valence-corrected chi connectivity index (χ0v) is 24.8. The molecule has 222 valence electrons. The quantitative estimate of drug-likeness (QED) is 0.218. The average Bonchev–Trinajstić information content (AvgIpc) is 3.01. The predicted molar refractivity (Wildman–Crippen MR) is 169 cm³/mol. The smallest absolute Gasteiger partial charge is 0.258 e. The number of nitrogens with one attached hydrogen (secondary N) is 1. The summed E-state index contributed by atoms with van der Waals surface area (Å²) in [7, 11) is -2.57. The minimum atomic E-state index is -4.12. The third-order valence-electron chi connectivity index (χ3n) is 7.74. The lowest BCUT2D eigenvalue weighted by Crippen LogP contribution is -2.38. The Balaban J connectivity index is 1.47. The number of methoxy groups -OCH3 is 1. The van der Waals surface area contributed by atoms with Crippen molar-refractivity contribution in [2.24, 2.45) is 5.73 Å². The number of aromatic nitrogens is 1. The fraction of sp³-hybridized carbons (Fsp3) is 0.121. The summed E-state index contributed by atoms with van der Waals surface area (Å²) in [5.74, 6) is -0.424. The number of aryl methyl sites for hydroxylation is 1. The summed E-state index contributed by atoms with van der Waals surface area (Å²) in [6.45, 7) is 2.06. The Morgan fingerprint density at radius 3 is 2.50 bits per heavy atom. The van der Waals surface area contributed by atoms with E-state index in [4.69, 9.17) is 16.2 Å². The van der Waals surface area contributed by atoms with E-state index in [2.05, 4.69) is 10.3 Å². The van der Waals surface area contributed by atoms with Gasteiger partial charge in [-0.1, -0.05) is 12.1 Å². The number of primary amides is 1. The monoisotopic (exact) mass is 607 g/mol. The lowest BCUT2D eigenvalue weighted by molar-refractivity contribution is 0.0977. The largest absolute Gasteiger partial charge is 0.497 e. The van der Waals surface area contributed by atoms with E-state index >= 15 is 0 Å². The lowest BCUT2D eigenvalue weighted by Gasteiger charge is -2.30. The molecule has 1 aliphatic heterocycles. The number of pyridine rings is 1. The number of benzene rings is 4. The first kappa shape index (κ1) is 28.7. The molecule has 10 nitrogen and oxygen atoms in total. The second-order valence-corrected chi connectivity index (χ2v) is 12.4. The Morgan fingerprint density at radius 1 is 1.02 bits per heavy atom. The van der Waals surface area contributed by atoms with E-state index in [1.807, 2.05) is 0 Å². The van der Waals surface area contributed by atoms with Gasteiger partial charge in [0.15, 0.2) is 0 Å². The Kier molecular flexibility index (Phi) is 7.18. The molecule has 0 saturated heterocycles. The first-order valence-corrected chi connectivity index (χ1v) is 15.3. The summed E-state index contributed by atoms with van der Waals surface area (Å²) in [5, 5.41) is 3.62. The molecule has 11 heteroatoms. The summed E-state index contributed by atoms with van der Waals surface area (Å²) in [5.41, 5.74) is 15.7. The van der Waals surface area contributed by atoms with Crippen LogP contribution in [0.3, 0.4) is 0 Å². The number of nitrogen functional groups attached to an aromatic ring is 1. The van der Waals surface area contributed by atoms with Crippen molar-refractivity contribution in [3.63, 3.8) is 0 Å². The number of rotatable bonds is 7. The molecule has 0 spiro atoms. The molecule has 0 radical (unpaired) electrons. The molecular formula is C33H29N5O5S. The minimum absolute atomic E-state index is 0.00132. The Bertz CT molecular complexity index is 2080. The van der Waals surface area contributed by atoms with Crippen molar-refractivity contribution in [3.8, 4) is 5.75 Å². The maximum absolute atomic E-state index is 14.3. The normalized spacial score (nSPS) is 13.0. The maximum Gasteiger partial charge on any atom is 0.258 e. The topological polar surface area (TPSA) is 158 Å². The molecule has 5 N–H and O–H groups in total. The molecule has 1 aromatic heterocycles. The van der Waals surface area contributed by atoms with Crippen molar-refractivity contribution in [2.75, 3.05) is 29.6 Å². The first-order chi connectivity index (χ1) is 21.1. The zero-order chi connectivity index (χ0) is 31.2. The molecule has 44 heavy (non-hydrogen) atoms. The van der Waals surface area contributed by atoms with Gasteiger partial charge in [-0.3, -0.25) is 14.6 Å². The minimum Gasteiger partial charge on any atom is -0.497 e. The van der Waals surface area contributed by atoms with E-state index in [0.717, 1.165) is 0 Å². The second kappa shape index (κ2) is 11.0. The number of nitrogens with two attached hydrogens (primary N) is 2. The van der Waals surface area contributed by atoms with E-state index in [1.54, 1.807) is 85.7 Å². The molecule has 6 rings (SSSR count). The van der Waals surface area contributed by atoms with Crippen LogP contribution in [-0.2, 0) is 16.3 Å². The van der Waals surface area contributed by atoms with Crippen LogP contribution in [0.5, 0.6) is 5.75 Å². The van der Waals surface area contributed by atoms with Crippen LogP contribution in [0.4, 0.5) is 22.7 Å². The molecular weight excluding hydrogens is 578 g/mol. The van der Waals surface area contributed by atoms with Gasteiger partial charge in [-0.25, -0.2) is 8.42 Å². The SMILES string of the molecule is COc1cccc(Nc2c(C(N)=O)cnc3c(C)cc(S(=O)(=O)c4cccc5c4CCN(c4ccc(N)cc4)C5=O)cc23)c1. The predicted octanol–water partition coefficient (Wildman–Crippen LogP) is 5.01.